The molecule has 3 nitrogen and oxygen atoms in total. The summed E-state index contributed by atoms with van der Waals surface area (Å²) in [5, 5.41) is 8.59. The Bertz CT molecular complexity index is 564. The van der Waals surface area contributed by atoms with Gasteiger partial charge in [-0.1, -0.05) is 28.4 Å². The fourth-order valence-corrected chi connectivity index (χ4v) is 2.25. The molecule has 0 saturated heterocycles. The van der Waals surface area contributed by atoms with Crippen molar-refractivity contribution in [2.45, 2.75) is 25.4 Å². The maximum atomic E-state index is 6.12. The van der Waals surface area contributed by atoms with Gasteiger partial charge in [0.2, 0.25) is 0 Å². The first kappa shape index (κ1) is 12.0. The van der Waals surface area contributed by atoms with Crippen LogP contribution in [0.15, 0.2) is 28.8 Å². The second-order valence-electron chi connectivity index (χ2n) is 4.46. The molecule has 18 heavy (non-hydrogen) atoms. The summed E-state index contributed by atoms with van der Waals surface area (Å²) in [5.41, 5.74) is 1.70. The summed E-state index contributed by atoms with van der Waals surface area (Å²) in [5.74, 6) is 0.671. The Hall–Kier alpha value is -1.03. The van der Waals surface area contributed by atoms with Gasteiger partial charge in [-0.25, -0.2) is 0 Å². The van der Waals surface area contributed by atoms with E-state index in [2.05, 4.69) is 10.5 Å². The van der Waals surface area contributed by atoms with Crippen LogP contribution < -0.4 is 5.32 Å². The predicted octanol–water partition coefficient (Wildman–Crippen LogP) is 3.90. The summed E-state index contributed by atoms with van der Waals surface area (Å²) in [6.07, 6.45) is 2.52. The lowest BCUT2D eigenvalue weighted by Gasteiger charge is -1.99. The molecular formula is C13H12Cl2N2O. The van der Waals surface area contributed by atoms with E-state index in [4.69, 9.17) is 27.7 Å². The molecule has 0 amide bonds. The first-order chi connectivity index (χ1) is 8.72. The highest BCUT2D eigenvalue weighted by molar-refractivity contribution is 6.36. The van der Waals surface area contributed by atoms with Crippen LogP contribution in [0.3, 0.4) is 0 Å². The van der Waals surface area contributed by atoms with Gasteiger partial charge in [0.25, 0.3) is 0 Å². The number of rotatable bonds is 4. The van der Waals surface area contributed by atoms with Crippen molar-refractivity contribution in [3.05, 3.63) is 40.0 Å². The van der Waals surface area contributed by atoms with E-state index in [1.165, 1.54) is 12.8 Å². The average molecular weight is 283 g/mol. The zero-order valence-electron chi connectivity index (χ0n) is 9.62. The van der Waals surface area contributed by atoms with Crippen LogP contribution in [0, 0.1) is 0 Å². The Labute approximate surface area is 115 Å². The maximum Gasteiger partial charge on any atom is 0.168 e. The van der Waals surface area contributed by atoms with E-state index in [0.29, 0.717) is 21.8 Å². The molecular weight excluding hydrogens is 271 g/mol. The maximum absolute atomic E-state index is 6.12. The first-order valence-corrected chi connectivity index (χ1v) is 6.62. The highest BCUT2D eigenvalue weighted by atomic mass is 35.5. The number of hydrogen-bond acceptors (Lipinski definition) is 3. The van der Waals surface area contributed by atoms with E-state index in [1.54, 1.807) is 12.1 Å². The summed E-state index contributed by atoms with van der Waals surface area (Å²) < 4.78 is 5.31. The predicted molar refractivity (Wildman–Crippen MR) is 71.8 cm³/mol. The largest absolute Gasteiger partial charge is 0.356 e. The number of nitrogens with zero attached hydrogens (tertiary/aromatic N) is 1. The lowest BCUT2D eigenvalue weighted by atomic mass is 10.1. The van der Waals surface area contributed by atoms with E-state index in [-0.39, 0.29) is 0 Å². The number of aromatic nitrogens is 1. The molecule has 1 aliphatic rings. The molecule has 1 aliphatic carbocycles. The summed E-state index contributed by atoms with van der Waals surface area (Å²) in [7, 11) is 0. The third-order valence-electron chi connectivity index (χ3n) is 2.90. The molecule has 94 valence electrons. The molecule has 0 bridgehead atoms. The SMILES string of the molecule is Clc1ccc(-c2cc(CNC3CC3)no2)c(Cl)c1. The minimum Gasteiger partial charge on any atom is -0.356 e. The zero-order chi connectivity index (χ0) is 12.5. The molecule has 1 aromatic carbocycles. The van der Waals surface area contributed by atoms with Crippen molar-refractivity contribution in [3.8, 4) is 11.3 Å². The molecule has 1 N–H and O–H groups in total. The highest BCUT2D eigenvalue weighted by Gasteiger charge is 2.20. The van der Waals surface area contributed by atoms with Crippen LogP contribution in [-0.2, 0) is 6.54 Å². The molecule has 0 radical (unpaired) electrons. The third kappa shape index (κ3) is 2.69. The Morgan fingerprint density at radius 1 is 1.28 bits per heavy atom. The molecule has 0 aliphatic heterocycles. The topological polar surface area (TPSA) is 38.1 Å². The number of benzene rings is 1. The molecule has 0 unspecified atom stereocenters. The second-order valence-corrected chi connectivity index (χ2v) is 5.31. The molecule has 1 heterocycles. The fraction of sp³-hybridized carbons (Fsp3) is 0.308. The molecule has 1 saturated carbocycles. The lowest BCUT2D eigenvalue weighted by molar-refractivity contribution is 0.420. The Kier molecular flexibility index (Phi) is 3.29. The van der Waals surface area contributed by atoms with Gasteiger partial charge in [-0.2, -0.15) is 0 Å². The molecule has 1 fully saturated rings. The van der Waals surface area contributed by atoms with Crippen molar-refractivity contribution in [3.63, 3.8) is 0 Å². The summed E-state index contributed by atoms with van der Waals surface area (Å²) in [6, 6.07) is 7.88. The van der Waals surface area contributed by atoms with Gasteiger partial charge >= 0.3 is 0 Å². The molecule has 0 spiro atoms. The Morgan fingerprint density at radius 3 is 2.83 bits per heavy atom. The monoisotopic (exact) mass is 282 g/mol. The number of halogens is 2. The second kappa shape index (κ2) is 4.92. The van der Waals surface area contributed by atoms with Crippen molar-refractivity contribution < 1.29 is 4.52 Å². The molecule has 1 aromatic heterocycles. The number of hydrogen-bond donors (Lipinski definition) is 1. The van der Waals surface area contributed by atoms with Gasteiger partial charge in [-0.15, -0.1) is 0 Å². The van der Waals surface area contributed by atoms with Gasteiger partial charge in [-0.05, 0) is 31.0 Å². The quantitative estimate of drug-likeness (QED) is 0.924. The first-order valence-electron chi connectivity index (χ1n) is 5.87. The van der Waals surface area contributed by atoms with E-state index in [1.807, 2.05) is 12.1 Å². The van der Waals surface area contributed by atoms with E-state index >= 15 is 0 Å². The van der Waals surface area contributed by atoms with Crippen molar-refractivity contribution in [2.75, 3.05) is 0 Å². The summed E-state index contributed by atoms with van der Waals surface area (Å²) in [6.45, 7) is 0.735. The lowest BCUT2D eigenvalue weighted by Crippen LogP contribution is -2.15. The minimum atomic E-state index is 0.570. The van der Waals surface area contributed by atoms with Gasteiger partial charge in [0.1, 0.15) is 0 Å². The van der Waals surface area contributed by atoms with Gasteiger partial charge in [0.05, 0.1) is 10.7 Å². The van der Waals surface area contributed by atoms with Crippen molar-refractivity contribution in [1.82, 2.24) is 10.5 Å². The Morgan fingerprint density at radius 2 is 2.11 bits per heavy atom. The van der Waals surface area contributed by atoms with Crippen molar-refractivity contribution in [1.29, 1.82) is 0 Å². The van der Waals surface area contributed by atoms with Crippen LogP contribution >= 0.6 is 23.2 Å². The molecule has 2 aromatic rings. The third-order valence-corrected chi connectivity index (χ3v) is 3.45. The number of nitrogens with one attached hydrogen (secondary N) is 1. The van der Waals surface area contributed by atoms with E-state index in [9.17, 15) is 0 Å². The van der Waals surface area contributed by atoms with Crippen LogP contribution in [0.25, 0.3) is 11.3 Å². The molecule has 3 rings (SSSR count). The van der Waals surface area contributed by atoms with Gasteiger partial charge in [-0.3, -0.25) is 0 Å². The van der Waals surface area contributed by atoms with Crippen LogP contribution in [-0.4, -0.2) is 11.2 Å². The fourth-order valence-electron chi connectivity index (χ4n) is 1.75. The minimum absolute atomic E-state index is 0.570. The molecule has 0 atom stereocenters. The highest BCUT2D eigenvalue weighted by Crippen LogP contribution is 2.30. The summed E-state index contributed by atoms with van der Waals surface area (Å²) in [4.78, 5) is 0. The van der Waals surface area contributed by atoms with Gasteiger partial charge < -0.3 is 9.84 Å². The summed E-state index contributed by atoms with van der Waals surface area (Å²) >= 11 is 12.0. The van der Waals surface area contributed by atoms with E-state index in [0.717, 1.165) is 17.8 Å². The Balaban J connectivity index is 1.78. The normalized spacial score (nSPS) is 15.0. The average Bonchev–Trinajstić information content (AvgIpc) is 3.05. The standard InChI is InChI=1S/C13H12Cl2N2O/c14-8-1-4-11(12(15)5-8)13-6-10(17-18-13)7-16-9-2-3-9/h1,4-6,9,16H,2-3,7H2. The van der Waals surface area contributed by atoms with Gasteiger partial charge in [0, 0.05) is 29.2 Å². The zero-order valence-corrected chi connectivity index (χ0v) is 11.1. The van der Waals surface area contributed by atoms with Crippen molar-refractivity contribution >= 4 is 23.2 Å². The van der Waals surface area contributed by atoms with Crippen molar-refractivity contribution in [2.24, 2.45) is 0 Å². The molecule has 5 heteroatoms. The smallest absolute Gasteiger partial charge is 0.168 e. The van der Waals surface area contributed by atoms with Crippen LogP contribution in [0.5, 0.6) is 0 Å². The van der Waals surface area contributed by atoms with Gasteiger partial charge in [0.15, 0.2) is 5.76 Å². The van der Waals surface area contributed by atoms with Crippen LogP contribution in [0.4, 0.5) is 0 Å². The van der Waals surface area contributed by atoms with Crippen LogP contribution in [0.2, 0.25) is 10.0 Å². The van der Waals surface area contributed by atoms with E-state index < -0.39 is 0 Å². The van der Waals surface area contributed by atoms with Crippen LogP contribution in [0.1, 0.15) is 18.5 Å².